The zero-order chi connectivity index (χ0) is 20.3. The molecule has 0 aromatic heterocycles. The highest BCUT2D eigenvalue weighted by atomic mass is 35.5. The van der Waals surface area contributed by atoms with Crippen LogP contribution in [0.4, 0.5) is 0 Å². The van der Waals surface area contributed by atoms with Crippen LogP contribution in [0, 0.1) is 28.6 Å². The molecule has 150 valence electrons. The van der Waals surface area contributed by atoms with Crippen molar-refractivity contribution >= 4 is 29.1 Å². The van der Waals surface area contributed by atoms with Crippen LogP contribution in [-0.2, 0) is 19.1 Å². The second-order valence-electron chi connectivity index (χ2n) is 9.24. The zero-order valence-electron chi connectivity index (χ0n) is 16.7. The Morgan fingerprint density at radius 2 is 1.89 bits per heavy atom. The summed E-state index contributed by atoms with van der Waals surface area (Å²) in [6, 6.07) is 0. The van der Waals surface area contributed by atoms with Gasteiger partial charge in [0.15, 0.2) is 17.2 Å². The molecule has 0 heterocycles. The summed E-state index contributed by atoms with van der Waals surface area (Å²) in [6.45, 7) is 5.69. The SMILES string of the molecule is CC(=O)O[C@]1(C(=O)CCl)CC[C@H]2[C@@H]3C=CC4=CC(=O)C=C[C@]4(C)[C@H]3CC[C@@]21C. The van der Waals surface area contributed by atoms with Crippen molar-refractivity contribution in [3.63, 3.8) is 0 Å². The van der Waals surface area contributed by atoms with E-state index in [0.717, 1.165) is 24.8 Å². The number of hydrogen-bond donors (Lipinski definition) is 0. The van der Waals surface area contributed by atoms with Gasteiger partial charge >= 0.3 is 5.97 Å². The van der Waals surface area contributed by atoms with Gasteiger partial charge in [-0.2, -0.15) is 0 Å². The van der Waals surface area contributed by atoms with Gasteiger partial charge < -0.3 is 4.74 Å². The minimum Gasteiger partial charge on any atom is -0.451 e. The maximum Gasteiger partial charge on any atom is 0.303 e. The summed E-state index contributed by atoms with van der Waals surface area (Å²) in [5, 5.41) is 0. The molecule has 0 aliphatic heterocycles. The van der Waals surface area contributed by atoms with E-state index in [-0.39, 0.29) is 34.7 Å². The normalized spacial score (nSPS) is 43.6. The van der Waals surface area contributed by atoms with Gasteiger partial charge in [-0.1, -0.05) is 32.1 Å². The minimum atomic E-state index is -1.13. The standard InChI is InChI=1S/C23H27ClO4/c1-14(25)28-23(20(27)13-24)11-8-19-17-5-4-15-12-16(26)6-9-21(15,2)18(17)7-10-22(19,23)3/h4-6,9,12,17-19H,7-8,10-11,13H2,1-3H3/t17-,18+,19+,21+,22+,23+/m1/s1. The molecule has 4 aliphatic rings. The van der Waals surface area contributed by atoms with Crippen molar-refractivity contribution in [2.45, 2.75) is 52.1 Å². The Morgan fingerprint density at radius 3 is 2.57 bits per heavy atom. The molecule has 6 atom stereocenters. The summed E-state index contributed by atoms with van der Waals surface area (Å²) >= 11 is 5.96. The van der Waals surface area contributed by atoms with E-state index in [1.165, 1.54) is 6.92 Å². The van der Waals surface area contributed by atoms with Crippen molar-refractivity contribution in [1.82, 2.24) is 0 Å². The second kappa shape index (κ2) is 6.41. The van der Waals surface area contributed by atoms with Gasteiger partial charge in [0.1, 0.15) is 0 Å². The first-order valence-electron chi connectivity index (χ1n) is 10.1. The monoisotopic (exact) mass is 402 g/mol. The van der Waals surface area contributed by atoms with Crippen molar-refractivity contribution in [3.8, 4) is 0 Å². The molecule has 0 radical (unpaired) electrons. The molecular weight excluding hydrogens is 376 g/mol. The quantitative estimate of drug-likeness (QED) is 0.524. The molecule has 4 rings (SSSR count). The summed E-state index contributed by atoms with van der Waals surface area (Å²) in [5.41, 5.74) is -0.648. The highest BCUT2D eigenvalue weighted by Crippen LogP contribution is 2.66. The van der Waals surface area contributed by atoms with Crippen LogP contribution in [0.1, 0.15) is 46.5 Å². The number of halogens is 1. The fraction of sp³-hybridized carbons (Fsp3) is 0.609. The van der Waals surface area contributed by atoms with Gasteiger partial charge in [0.05, 0.1) is 5.88 Å². The second-order valence-corrected chi connectivity index (χ2v) is 9.51. The van der Waals surface area contributed by atoms with Crippen LogP contribution in [0.25, 0.3) is 0 Å². The lowest BCUT2D eigenvalue weighted by atomic mass is 9.49. The fourth-order valence-corrected chi connectivity index (χ4v) is 6.90. The Labute approximate surface area is 171 Å². The van der Waals surface area contributed by atoms with Crippen molar-refractivity contribution in [1.29, 1.82) is 0 Å². The highest BCUT2D eigenvalue weighted by molar-refractivity contribution is 6.29. The molecule has 0 unspecified atom stereocenters. The number of hydrogen-bond acceptors (Lipinski definition) is 4. The van der Waals surface area contributed by atoms with Gasteiger partial charge in [0, 0.05) is 17.8 Å². The number of fused-ring (bicyclic) bond motifs is 5. The van der Waals surface area contributed by atoms with E-state index < -0.39 is 17.0 Å². The van der Waals surface area contributed by atoms with E-state index >= 15 is 0 Å². The number of rotatable bonds is 3. The van der Waals surface area contributed by atoms with Crippen LogP contribution in [-0.4, -0.2) is 29.0 Å². The lowest BCUT2D eigenvalue weighted by molar-refractivity contribution is -0.184. The number of carbonyl (C=O) groups is 3. The average Bonchev–Trinajstić information content (AvgIpc) is 2.94. The predicted octanol–water partition coefficient (Wildman–Crippen LogP) is 4.18. The first-order chi connectivity index (χ1) is 13.2. The number of alkyl halides is 1. The van der Waals surface area contributed by atoms with Gasteiger partial charge in [-0.25, -0.2) is 0 Å². The van der Waals surface area contributed by atoms with E-state index in [1.807, 2.05) is 0 Å². The average molecular weight is 403 g/mol. The van der Waals surface area contributed by atoms with Crippen LogP contribution in [0.3, 0.4) is 0 Å². The third-order valence-electron chi connectivity index (χ3n) is 8.12. The van der Waals surface area contributed by atoms with E-state index in [1.54, 1.807) is 12.2 Å². The van der Waals surface area contributed by atoms with E-state index in [0.29, 0.717) is 12.3 Å². The number of carbonyl (C=O) groups excluding carboxylic acids is 3. The Bertz CT molecular complexity index is 840. The lowest BCUT2D eigenvalue weighted by Gasteiger charge is -2.56. The summed E-state index contributed by atoms with van der Waals surface area (Å²) in [5.74, 6) is 0.173. The molecule has 5 heteroatoms. The molecule has 0 spiro atoms. The Kier molecular flexibility index (Phi) is 4.50. The molecule has 0 bridgehead atoms. The lowest BCUT2D eigenvalue weighted by Crippen LogP contribution is -2.58. The number of ketones is 2. The molecular formula is C23H27ClO4. The summed E-state index contributed by atoms with van der Waals surface area (Å²) < 4.78 is 5.78. The number of allylic oxidation sites excluding steroid dienone is 6. The number of ether oxygens (including phenoxy) is 1. The summed E-state index contributed by atoms with van der Waals surface area (Å²) in [6.07, 6.45) is 12.9. The summed E-state index contributed by atoms with van der Waals surface area (Å²) in [4.78, 5) is 36.7. The van der Waals surface area contributed by atoms with Crippen molar-refractivity contribution < 1.29 is 19.1 Å². The summed E-state index contributed by atoms with van der Waals surface area (Å²) in [7, 11) is 0. The maximum absolute atomic E-state index is 12.9. The largest absolute Gasteiger partial charge is 0.451 e. The number of esters is 1. The number of Topliss-reactive ketones (excluding diaryl/α,β-unsaturated/α-hetero) is 1. The van der Waals surface area contributed by atoms with Gasteiger partial charge in [-0.15, -0.1) is 11.6 Å². The molecule has 2 saturated carbocycles. The molecule has 2 fully saturated rings. The van der Waals surface area contributed by atoms with E-state index in [2.05, 4.69) is 32.1 Å². The van der Waals surface area contributed by atoms with E-state index in [4.69, 9.17) is 16.3 Å². The van der Waals surface area contributed by atoms with Crippen LogP contribution < -0.4 is 0 Å². The molecule has 28 heavy (non-hydrogen) atoms. The third-order valence-corrected chi connectivity index (χ3v) is 8.37. The van der Waals surface area contributed by atoms with Gasteiger partial charge in [0.25, 0.3) is 0 Å². The first-order valence-corrected chi connectivity index (χ1v) is 10.6. The third kappa shape index (κ3) is 2.46. The van der Waals surface area contributed by atoms with Crippen LogP contribution in [0.5, 0.6) is 0 Å². The van der Waals surface area contributed by atoms with Crippen LogP contribution in [0.2, 0.25) is 0 Å². The Morgan fingerprint density at radius 1 is 1.18 bits per heavy atom. The maximum atomic E-state index is 12.9. The van der Waals surface area contributed by atoms with Gasteiger partial charge in [-0.3, -0.25) is 14.4 Å². The van der Waals surface area contributed by atoms with Gasteiger partial charge in [-0.05, 0) is 61.2 Å². The van der Waals surface area contributed by atoms with E-state index in [9.17, 15) is 14.4 Å². The molecule has 0 amide bonds. The molecule has 4 nitrogen and oxygen atoms in total. The zero-order valence-corrected chi connectivity index (χ0v) is 17.4. The molecule has 0 saturated heterocycles. The highest BCUT2D eigenvalue weighted by Gasteiger charge is 2.67. The van der Waals surface area contributed by atoms with Crippen LogP contribution >= 0.6 is 11.6 Å². The molecule has 0 aromatic carbocycles. The molecule has 0 aromatic rings. The smallest absolute Gasteiger partial charge is 0.303 e. The van der Waals surface area contributed by atoms with Gasteiger partial charge in [0.2, 0.25) is 0 Å². The minimum absolute atomic E-state index is 0.0404. The van der Waals surface area contributed by atoms with Crippen LogP contribution in [0.15, 0.2) is 36.0 Å². The predicted molar refractivity (Wildman–Crippen MR) is 107 cm³/mol. The Balaban J connectivity index is 1.76. The molecule has 4 aliphatic carbocycles. The van der Waals surface area contributed by atoms with Crippen molar-refractivity contribution in [2.75, 3.05) is 5.88 Å². The van der Waals surface area contributed by atoms with Crippen molar-refractivity contribution in [3.05, 3.63) is 36.0 Å². The first kappa shape index (κ1) is 19.6. The van der Waals surface area contributed by atoms with Crippen molar-refractivity contribution in [2.24, 2.45) is 28.6 Å². The topological polar surface area (TPSA) is 60.4 Å². The fourth-order valence-electron chi connectivity index (χ4n) is 6.69. The Hall–Kier alpha value is -1.68. The molecule has 0 N–H and O–H groups in total.